The van der Waals surface area contributed by atoms with Crippen LogP contribution in [0.3, 0.4) is 0 Å². The molecule has 0 fully saturated rings. The fourth-order valence-electron chi connectivity index (χ4n) is 0.774. The van der Waals surface area contributed by atoms with E-state index in [0.29, 0.717) is 6.61 Å². The van der Waals surface area contributed by atoms with Crippen LogP contribution in [0, 0.1) is 0 Å². The number of rotatable bonds is 6. The van der Waals surface area contributed by atoms with Crippen LogP contribution in [0.1, 0.15) is 26.7 Å². The second-order valence-electron chi connectivity index (χ2n) is 2.78. The predicted octanol–water partition coefficient (Wildman–Crippen LogP) is 1.08. The van der Waals surface area contributed by atoms with E-state index in [1.54, 1.807) is 6.92 Å². The van der Waals surface area contributed by atoms with Gasteiger partial charge in [-0.3, -0.25) is 4.55 Å². The molecule has 0 heterocycles. The van der Waals surface area contributed by atoms with Crippen molar-refractivity contribution in [2.45, 2.75) is 32.8 Å². The van der Waals surface area contributed by atoms with Crippen molar-refractivity contribution in [2.24, 2.45) is 0 Å². The van der Waals surface area contributed by atoms with E-state index in [9.17, 15) is 8.42 Å². The minimum atomic E-state index is -3.89. The van der Waals surface area contributed by atoms with Crippen LogP contribution in [0.5, 0.6) is 0 Å². The molecule has 12 heavy (non-hydrogen) atoms. The van der Waals surface area contributed by atoms with Crippen LogP contribution in [0.4, 0.5) is 0 Å². The van der Waals surface area contributed by atoms with Gasteiger partial charge in [0.1, 0.15) is 5.75 Å². The van der Waals surface area contributed by atoms with Crippen molar-refractivity contribution in [2.75, 3.05) is 12.4 Å². The Balaban J connectivity index is 3.53. The Kier molecular flexibility index (Phi) is 5.44. The molecule has 74 valence electrons. The van der Waals surface area contributed by atoms with Crippen LogP contribution < -0.4 is 0 Å². The Bertz CT molecular complexity index is 197. The summed E-state index contributed by atoms with van der Waals surface area (Å²) in [5.74, 6) is -0.323. The lowest BCUT2D eigenvalue weighted by atomic mass is 10.3. The third kappa shape index (κ3) is 7.97. The van der Waals surface area contributed by atoms with E-state index >= 15 is 0 Å². The normalized spacial score (nSPS) is 14.6. The van der Waals surface area contributed by atoms with Gasteiger partial charge in [-0.05, 0) is 13.3 Å². The third-order valence-electron chi connectivity index (χ3n) is 1.35. The molecule has 0 aliphatic carbocycles. The van der Waals surface area contributed by atoms with Gasteiger partial charge in [0.15, 0.2) is 0 Å². The van der Waals surface area contributed by atoms with E-state index in [-0.39, 0.29) is 5.75 Å². The minimum Gasteiger partial charge on any atom is -0.377 e. The molecule has 0 rings (SSSR count). The summed E-state index contributed by atoms with van der Waals surface area (Å²) in [5, 5.41) is 0. The van der Waals surface area contributed by atoms with Crippen LogP contribution in [0.25, 0.3) is 0 Å². The van der Waals surface area contributed by atoms with Crippen LogP contribution in [0.15, 0.2) is 0 Å². The molecule has 0 aliphatic heterocycles. The van der Waals surface area contributed by atoms with E-state index in [0.717, 1.165) is 12.8 Å². The minimum absolute atomic E-state index is 0.323. The van der Waals surface area contributed by atoms with E-state index in [1.165, 1.54) is 0 Å². The van der Waals surface area contributed by atoms with Crippen LogP contribution in [0.2, 0.25) is 0 Å². The van der Waals surface area contributed by atoms with Gasteiger partial charge in [0, 0.05) is 6.61 Å². The fraction of sp³-hybridized carbons (Fsp3) is 1.00. The average Bonchev–Trinajstić information content (AvgIpc) is 1.84. The van der Waals surface area contributed by atoms with Gasteiger partial charge in [0.05, 0.1) is 6.10 Å². The van der Waals surface area contributed by atoms with Crippen LogP contribution in [-0.4, -0.2) is 31.4 Å². The molecule has 0 saturated carbocycles. The lowest BCUT2D eigenvalue weighted by Crippen LogP contribution is -2.20. The van der Waals surface area contributed by atoms with Gasteiger partial charge in [0.25, 0.3) is 10.1 Å². The van der Waals surface area contributed by atoms with Gasteiger partial charge in [-0.2, -0.15) is 8.42 Å². The molecule has 0 aromatic heterocycles. The smallest absolute Gasteiger partial charge is 0.267 e. The molecule has 0 bridgehead atoms. The summed E-state index contributed by atoms with van der Waals surface area (Å²) < 4.78 is 34.3. The van der Waals surface area contributed by atoms with E-state index < -0.39 is 16.2 Å². The SMILES string of the molecule is CCCCOC(C)CS(=O)(=O)O. The molecule has 0 spiro atoms. The highest BCUT2D eigenvalue weighted by Gasteiger charge is 2.11. The Morgan fingerprint density at radius 3 is 2.50 bits per heavy atom. The monoisotopic (exact) mass is 196 g/mol. The first kappa shape index (κ1) is 11.9. The van der Waals surface area contributed by atoms with E-state index in [4.69, 9.17) is 9.29 Å². The zero-order valence-corrected chi connectivity index (χ0v) is 8.30. The molecule has 0 saturated heterocycles. The van der Waals surface area contributed by atoms with Crippen molar-refractivity contribution in [1.29, 1.82) is 0 Å². The summed E-state index contributed by atoms with van der Waals surface area (Å²) >= 11 is 0. The summed E-state index contributed by atoms with van der Waals surface area (Å²) in [7, 11) is -3.89. The zero-order valence-electron chi connectivity index (χ0n) is 7.49. The van der Waals surface area contributed by atoms with Crippen molar-refractivity contribution in [3.63, 3.8) is 0 Å². The zero-order chi connectivity index (χ0) is 9.61. The summed E-state index contributed by atoms with van der Waals surface area (Å²) in [5.41, 5.74) is 0. The molecule has 0 aliphatic rings. The van der Waals surface area contributed by atoms with Gasteiger partial charge < -0.3 is 4.74 Å². The second kappa shape index (κ2) is 5.50. The molecular formula is C7H16O4S. The van der Waals surface area contributed by atoms with Crippen molar-refractivity contribution >= 4 is 10.1 Å². The number of hydrogen-bond donors (Lipinski definition) is 1. The molecule has 1 unspecified atom stereocenters. The number of unbranched alkanes of at least 4 members (excludes halogenated alkanes) is 1. The number of hydrogen-bond acceptors (Lipinski definition) is 3. The average molecular weight is 196 g/mol. The standard InChI is InChI=1S/C7H16O4S/c1-3-4-5-11-7(2)6-12(8,9)10/h7H,3-6H2,1-2H3,(H,8,9,10). The molecule has 0 aromatic rings. The van der Waals surface area contributed by atoms with E-state index in [1.807, 2.05) is 6.92 Å². The molecule has 5 heteroatoms. The van der Waals surface area contributed by atoms with Gasteiger partial charge in [-0.25, -0.2) is 0 Å². The molecular weight excluding hydrogens is 180 g/mol. The summed E-state index contributed by atoms with van der Waals surface area (Å²) in [6, 6.07) is 0. The highest BCUT2D eigenvalue weighted by Crippen LogP contribution is 1.97. The Labute approximate surface area is 73.7 Å². The maximum Gasteiger partial charge on any atom is 0.267 e. The maximum atomic E-state index is 10.3. The van der Waals surface area contributed by atoms with Gasteiger partial charge >= 0.3 is 0 Å². The van der Waals surface area contributed by atoms with Gasteiger partial charge in [-0.15, -0.1) is 0 Å². The van der Waals surface area contributed by atoms with Crippen LogP contribution >= 0.6 is 0 Å². The highest BCUT2D eigenvalue weighted by atomic mass is 32.2. The van der Waals surface area contributed by atoms with Crippen molar-refractivity contribution < 1.29 is 17.7 Å². The van der Waals surface area contributed by atoms with Crippen molar-refractivity contribution in [3.05, 3.63) is 0 Å². The highest BCUT2D eigenvalue weighted by molar-refractivity contribution is 7.85. The second-order valence-corrected chi connectivity index (χ2v) is 4.28. The largest absolute Gasteiger partial charge is 0.377 e. The maximum absolute atomic E-state index is 10.3. The summed E-state index contributed by atoms with van der Waals surface area (Å²) in [4.78, 5) is 0. The fourth-order valence-corrected chi connectivity index (χ4v) is 1.46. The first-order valence-electron chi connectivity index (χ1n) is 4.02. The first-order chi connectivity index (χ1) is 5.45. The van der Waals surface area contributed by atoms with Crippen molar-refractivity contribution in [1.82, 2.24) is 0 Å². The Morgan fingerprint density at radius 1 is 1.50 bits per heavy atom. The predicted molar refractivity (Wildman–Crippen MR) is 46.7 cm³/mol. The molecule has 1 atom stereocenters. The summed E-state index contributed by atoms with van der Waals surface area (Å²) in [6.45, 7) is 4.20. The molecule has 4 nitrogen and oxygen atoms in total. The molecule has 1 N–H and O–H groups in total. The topological polar surface area (TPSA) is 63.6 Å². The number of ether oxygens (including phenoxy) is 1. The van der Waals surface area contributed by atoms with Crippen LogP contribution in [-0.2, 0) is 14.9 Å². The van der Waals surface area contributed by atoms with Gasteiger partial charge in [-0.1, -0.05) is 13.3 Å². The molecule has 0 amide bonds. The van der Waals surface area contributed by atoms with Gasteiger partial charge in [0.2, 0.25) is 0 Å². The lowest BCUT2D eigenvalue weighted by molar-refractivity contribution is 0.0776. The molecule has 0 radical (unpaired) electrons. The Hall–Kier alpha value is -0.130. The first-order valence-corrected chi connectivity index (χ1v) is 5.63. The molecule has 0 aromatic carbocycles. The van der Waals surface area contributed by atoms with E-state index in [2.05, 4.69) is 0 Å². The summed E-state index contributed by atoms with van der Waals surface area (Å²) in [6.07, 6.45) is 1.50. The quantitative estimate of drug-likeness (QED) is 0.510. The van der Waals surface area contributed by atoms with Crippen molar-refractivity contribution in [3.8, 4) is 0 Å². The third-order valence-corrected chi connectivity index (χ3v) is 2.24. The lowest BCUT2D eigenvalue weighted by Gasteiger charge is -2.09. The Morgan fingerprint density at radius 2 is 2.08 bits per heavy atom.